The van der Waals surface area contributed by atoms with Gasteiger partial charge in [-0.2, -0.15) is 0 Å². The fraction of sp³-hybridized carbons (Fsp3) is 0.135. The van der Waals surface area contributed by atoms with Crippen LogP contribution in [0.4, 0.5) is 0 Å². The fourth-order valence-corrected chi connectivity index (χ4v) is 4.18. The molecule has 0 atom stereocenters. The number of carbonyl (C=O) groups is 2. The lowest BCUT2D eigenvalue weighted by atomic mass is 10.0. The third-order valence-electron chi connectivity index (χ3n) is 6.83. The van der Waals surface area contributed by atoms with Crippen molar-refractivity contribution in [3.63, 3.8) is 0 Å². The monoisotopic (exact) mass is 640 g/mol. The number of aliphatic hydroxyl groups excluding tert-OH is 2. The number of aliphatic hydroxyl groups is 2. The third-order valence-corrected chi connectivity index (χ3v) is 6.83. The maximum absolute atomic E-state index is 12.3. The number of phenolic OH excluding ortho intramolecular Hbond substituents is 2. The Morgan fingerprint density at radius 2 is 1.15 bits per heavy atom. The van der Waals surface area contributed by atoms with E-state index in [4.69, 9.17) is 14.6 Å². The molecule has 244 valence electrons. The molecular formula is C37H36O10. The van der Waals surface area contributed by atoms with Crippen LogP contribution in [0.2, 0.25) is 0 Å². The van der Waals surface area contributed by atoms with Gasteiger partial charge < -0.3 is 40.1 Å². The van der Waals surface area contributed by atoms with Gasteiger partial charge in [0.2, 0.25) is 0 Å². The summed E-state index contributed by atoms with van der Waals surface area (Å²) in [6.07, 6.45) is 9.07. The van der Waals surface area contributed by atoms with Gasteiger partial charge in [0, 0.05) is 16.7 Å². The van der Waals surface area contributed by atoms with Crippen LogP contribution in [-0.4, -0.2) is 56.4 Å². The second kappa shape index (κ2) is 17.0. The zero-order valence-corrected chi connectivity index (χ0v) is 26.0. The molecule has 4 aromatic carbocycles. The van der Waals surface area contributed by atoms with Crippen LogP contribution in [-0.2, 0) is 18.0 Å². The summed E-state index contributed by atoms with van der Waals surface area (Å²) in [6.45, 7) is 1.11. The summed E-state index contributed by atoms with van der Waals surface area (Å²) in [4.78, 5) is 24.1. The molecule has 10 nitrogen and oxygen atoms in total. The van der Waals surface area contributed by atoms with E-state index in [0.717, 1.165) is 11.1 Å². The molecule has 0 bridgehead atoms. The third kappa shape index (κ3) is 10.1. The summed E-state index contributed by atoms with van der Waals surface area (Å²) < 4.78 is 10.0. The first-order valence-corrected chi connectivity index (χ1v) is 14.2. The van der Waals surface area contributed by atoms with Crippen LogP contribution >= 0.6 is 0 Å². The molecular weight excluding hydrogens is 604 g/mol. The average molecular weight is 641 g/mol. The summed E-state index contributed by atoms with van der Waals surface area (Å²) in [5, 5.41) is 56.7. The van der Waals surface area contributed by atoms with Crippen molar-refractivity contribution in [1.82, 2.24) is 0 Å². The molecule has 0 aliphatic carbocycles. The number of ether oxygens (including phenoxy) is 2. The first-order valence-electron chi connectivity index (χ1n) is 14.2. The Hall–Kier alpha value is -5.84. The Labute approximate surface area is 272 Å². The first kappa shape index (κ1) is 35.6. The highest BCUT2D eigenvalue weighted by Gasteiger charge is 2.13. The lowest BCUT2D eigenvalue weighted by Crippen LogP contribution is -1.99. The van der Waals surface area contributed by atoms with Crippen molar-refractivity contribution in [2.75, 3.05) is 14.2 Å². The molecule has 0 aromatic heterocycles. The Morgan fingerprint density at radius 3 is 1.72 bits per heavy atom. The minimum absolute atomic E-state index is 0.0110. The maximum Gasteiger partial charge on any atom is 0.186 e. The molecule has 6 N–H and O–H groups in total. The van der Waals surface area contributed by atoms with Crippen molar-refractivity contribution in [2.45, 2.75) is 20.1 Å². The molecule has 0 unspecified atom stereocenters. The quantitative estimate of drug-likeness (QED) is 0.0882. The number of hydrogen-bond acceptors (Lipinski definition) is 10. The largest absolute Gasteiger partial charge is 0.508 e. The van der Waals surface area contributed by atoms with Gasteiger partial charge in [-0.15, -0.1) is 0 Å². The number of carbonyl (C=O) groups excluding carboxylic acids is 2. The predicted octanol–water partition coefficient (Wildman–Crippen LogP) is 5.70. The fourth-order valence-electron chi connectivity index (χ4n) is 4.18. The number of methoxy groups -OCH3 is 2. The van der Waals surface area contributed by atoms with Gasteiger partial charge in [0.1, 0.15) is 11.5 Å². The molecule has 0 aliphatic rings. The minimum Gasteiger partial charge on any atom is -0.508 e. The van der Waals surface area contributed by atoms with Crippen molar-refractivity contribution in [1.29, 1.82) is 0 Å². The van der Waals surface area contributed by atoms with E-state index in [2.05, 4.69) is 0 Å². The Kier molecular flexibility index (Phi) is 12.9. The van der Waals surface area contributed by atoms with E-state index in [0.29, 0.717) is 22.4 Å². The van der Waals surface area contributed by atoms with E-state index in [1.807, 2.05) is 0 Å². The molecule has 47 heavy (non-hydrogen) atoms. The van der Waals surface area contributed by atoms with E-state index in [1.165, 1.54) is 56.7 Å². The first-order chi connectivity index (χ1) is 22.5. The van der Waals surface area contributed by atoms with Gasteiger partial charge in [-0.25, -0.2) is 0 Å². The second-order valence-electron chi connectivity index (χ2n) is 10.1. The number of ketones is 2. The van der Waals surface area contributed by atoms with Gasteiger partial charge >= 0.3 is 0 Å². The van der Waals surface area contributed by atoms with Gasteiger partial charge in [-0.05, 0) is 95.9 Å². The van der Waals surface area contributed by atoms with E-state index >= 15 is 0 Å². The Bertz CT molecular complexity index is 1790. The maximum atomic E-state index is 12.3. The molecule has 4 rings (SSSR count). The zero-order valence-electron chi connectivity index (χ0n) is 26.0. The molecule has 0 radical (unpaired) electrons. The number of allylic oxidation sites excluding steroid dienone is 3. The zero-order chi connectivity index (χ0) is 34.5. The van der Waals surface area contributed by atoms with Crippen LogP contribution < -0.4 is 9.47 Å². The number of aromatic hydroxyl groups is 4. The van der Waals surface area contributed by atoms with Gasteiger partial charge in [0.15, 0.2) is 34.6 Å². The predicted molar refractivity (Wildman–Crippen MR) is 179 cm³/mol. The molecule has 0 heterocycles. The standard InChI is InChI=1S/C19H18O4.C18H18O6/c1-13-10-14(4-8-18(13)22)2-6-17(21)7-3-15-5-9-19(23)16(11-15)12-20;1-23-16-7-11(4-6-15(16)21)3-5-14(20)12-8-13(10-19)18(22)17(9-12)24-2/h2-11,20,22-23H,12H2,1H3;3-9,19,21-22H,10H2,1-2H3/b6-2+,7-3+;5-3+. The van der Waals surface area contributed by atoms with E-state index in [9.17, 15) is 35.1 Å². The van der Waals surface area contributed by atoms with Gasteiger partial charge in [0.25, 0.3) is 0 Å². The molecule has 0 amide bonds. The molecule has 10 heteroatoms. The highest BCUT2D eigenvalue weighted by atomic mass is 16.5. The second-order valence-corrected chi connectivity index (χ2v) is 10.1. The Balaban J connectivity index is 0.000000256. The minimum atomic E-state index is -0.414. The topological polar surface area (TPSA) is 174 Å². The number of rotatable bonds is 11. The van der Waals surface area contributed by atoms with Crippen molar-refractivity contribution >= 4 is 29.8 Å². The van der Waals surface area contributed by atoms with Crippen LogP contribution in [0.15, 0.2) is 85.0 Å². The SMILES string of the molecule is COc1cc(/C=C/C(=O)c2cc(CO)c(O)c(OC)c2)ccc1O.Cc1cc(/C=C/C(=O)/C=C/c2ccc(O)c(CO)c2)ccc1O. The van der Waals surface area contributed by atoms with Gasteiger partial charge in [-0.3, -0.25) is 9.59 Å². The van der Waals surface area contributed by atoms with Gasteiger partial charge in [-0.1, -0.05) is 36.4 Å². The molecule has 0 saturated carbocycles. The van der Waals surface area contributed by atoms with Gasteiger partial charge in [0.05, 0.1) is 27.4 Å². The summed E-state index contributed by atoms with van der Waals surface area (Å²) >= 11 is 0. The smallest absolute Gasteiger partial charge is 0.186 e. The van der Waals surface area contributed by atoms with Crippen LogP contribution in [0, 0.1) is 6.92 Å². The van der Waals surface area contributed by atoms with E-state index in [-0.39, 0.29) is 58.0 Å². The molecule has 0 saturated heterocycles. The summed E-state index contributed by atoms with van der Waals surface area (Å²) in [7, 11) is 2.80. The summed E-state index contributed by atoms with van der Waals surface area (Å²) in [5.41, 5.74) is 3.85. The molecule has 0 spiro atoms. The van der Waals surface area contributed by atoms with Crippen LogP contribution in [0.25, 0.3) is 18.2 Å². The highest BCUT2D eigenvalue weighted by molar-refractivity contribution is 6.07. The van der Waals surface area contributed by atoms with Crippen molar-refractivity contribution in [3.8, 4) is 34.5 Å². The molecule has 0 fully saturated rings. The lowest BCUT2D eigenvalue weighted by molar-refractivity contribution is -0.110. The summed E-state index contributed by atoms with van der Waals surface area (Å²) in [6, 6.07) is 17.4. The average Bonchev–Trinajstić information content (AvgIpc) is 3.08. The summed E-state index contributed by atoms with van der Waals surface area (Å²) in [5.74, 6) is -0.0212. The molecule has 4 aromatic rings. The highest BCUT2D eigenvalue weighted by Crippen LogP contribution is 2.32. The van der Waals surface area contributed by atoms with E-state index in [1.54, 1.807) is 67.6 Å². The number of aryl methyl sites for hydroxylation is 1. The van der Waals surface area contributed by atoms with Crippen molar-refractivity contribution in [3.05, 3.63) is 124 Å². The number of benzene rings is 4. The number of hydrogen-bond donors (Lipinski definition) is 6. The van der Waals surface area contributed by atoms with Crippen LogP contribution in [0.5, 0.6) is 34.5 Å². The lowest BCUT2D eigenvalue weighted by Gasteiger charge is -2.09. The van der Waals surface area contributed by atoms with Crippen molar-refractivity contribution in [2.24, 2.45) is 0 Å². The van der Waals surface area contributed by atoms with Crippen LogP contribution in [0.3, 0.4) is 0 Å². The number of phenols is 4. The van der Waals surface area contributed by atoms with E-state index < -0.39 is 6.61 Å². The Morgan fingerprint density at radius 1 is 0.617 bits per heavy atom. The van der Waals surface area contributed by atoms with Crippen LogP contribution in [0.1, 0.15) is 43.7 Å². The normalized spacial score (nSPS) is 11.1. The van der Waals surface area contributed by atoms with Crippen molar-refractivity contribution < 1.29 is 49.7 Å². The molecule has 0 aliphatic heterocycles.